The molecule has 0 fully saturated rings. The Balaban J connectivity index is 1.17. The summed E-state index contributed by atoms with van der Waals surface area (Å²) >= 11 is 0. The van der Waals surface area contributed by atoms with Crippen LogP contribution in [0.25, 0.3) is 93.6 Å². The van der Waals surface area contributed by atoms with Crippen molar-refractivity contribution in [2.45, 2.75) is 0 Å². The molecule has 12 aromatic rings. The van der Waals surface area contributed by atoms with Crippen molar-refractivity contribution in [3.8, 4) is 39.1 Å². The van der Waals surface area contributed by atoms with Crippen LogP contribution in [0.5, 0.6) is 0 Å². The third kappa shape index (κ3) is 5.66. The summed E-state index contributed by atoms with van der Waals surface area (Å²) in [5, 5.41) is 7.07. The van der Waals surface area contributed by atoms with Crippen LogP contribution in [0, 0.1) is 0 Å². The summed E-state index contributed by atoms with van der Waals surface area (Å²) < 4.78 is 9.11. The number of benzene rings is 10. The van der Waals surface area contributed by atoms with Gasteiger partial charge in [-0.25, -0.2) is 0 Å². The van der Waals surface area contributed by atoms with E-state index in [9.17, 15) is 0 Å². The van der Waals surface area contributed by atoms with Gasteiger partial charge in [-0.05, 0) is 76.0 Å². The Morgan fingerprint density at radius 3 is 1.70 bits per heavy atom. The van der Waals surface area contributed by atoms with E-state index in [-0.39, 0.29) is 0 Å². The van der Waals surface area contributed by atoms with Gasteiger partial charge < -0.3 is 13.9 Å². The number of aromatic nitrogens is 1. The molecule has 3 heteroatoms. The van der Waals surface area contributed by atoms with Gasteiger partial charge >= 0.3 is 0 Å². The first kappa shape index (κ1) is 34.9. The van der Waals surface area contributed by atoms with Crippen LogP contribution < -0.4 is 4.90 Å². The van der Waals surface area contributed by atoms with E-state index in [2.05, 4.69) is 234 Å². The molecule has 12 rings (SSSR count). The smallest absolute Gasteiger partial charge is 0.143 e. The molecule has 0 aliphatic rings. The Labute approximate surface area is 353 Å². The normalized spacial score (nSPS) is 11.6. The van der Waals surface area contributed by atoms with Crippen LogP contribution >= 0.6 is 0 Å². The third-order valence-corrected chi connectivity index (χ3v) is 12.2. The first-order valence-corrected chi connectivity index (χ1v) is 20.9. The largest absolute Gasteiger partial charge is 0.455 e. The van der Waals surface area contributed by atoms with E-state index < -0.39 is 0 Å². The summed E-state index contributed by atoms with van der Waals surface area (Å²) in [5.74, 6) is 0. The maximum Gasteiger partial charge on any atom is 0.143 e. The van der Waals surface area contributed by atoms with Gasteiger partial charge in [-0.2, -0.15) is 0 Å². The van der Waals surface area contributed by atoms with Crippen molar-refractivity contribution in [3.63, 3.8) is 0 Å². The zero-order chi connectivity index (χ0) is 40.3. The van der Waals surface area contributed by atoms with E-state index in [0.29, 0.717) is 0 Å². The van der Waals surface area contributed by atoms with Gasteiger partial charge in [0.25, 0.3) is 0 Å². The second-order valence-corrected chi connectivity index (χ2v) is 15.6. The summed E-state index contributed by atoms with van der Waals surface area (Å²) in [7, 11) is 0. The van der Waals surface area contributed by atoms with Crippen molar-refractivity contribution >= 4 is 71.6 Å². The number of hydrogen-bond acceptors (Lipinski definition) is 2. The molecule has 0 saturated heterocycles. The van der Waals surface area contributed by atoms with Gasteiger partial charge in [-0.15, -0.1) is 0 Å². The van der Waals surface area contributed by atoms with Crippen LogP contribution in [-0.2, 0) is 0 Å². The molecule has 3 nitrogen and oxygen atoms in total. The van der Waals surface area contributed by atoms with E-state index in [1.807, 2.05) is 6.07 Å². The summed E-state index contributed by atoms with van der Waals surface area (Å²) in [5.41, 5.74) is 15.2. The Hall–Kier alpha value is -8.14. The molecular formula is C58H38N2O. The average Bonchev–Trinajstić information content (AvgIpc) is 3.88. The molecule has 0 aliphatic heterocycles. The van der Waals surface area contributed by atoms with Gasteiger partial charge in [0.05, 0.1) is 22.4 Å². The number of para-hydroxylation sites is 6. The van der Waals surface area contributed by atoms with Crippen LogP contribution in [0.4, 0.5) is 17.1 Å². The lowest BCUT2D eigenvalue weighted by Gasteiger charge is -2.30. The van der Waals surface area contributed by atoms with Gasteiger partial charge in [0, 0.05) is 49.6 Å². The lowest BCUT2D eigenvalue weighted by Crippen LogP contribution is -2.12. The average molecular weight is 779 g/mol. The van der Waals surface area contributed by atoms with Crippen LogP contribution in [-0.4, -0.2) is 4.57 Å². The molecule has 286 valence electrons. The highest BCUT2D eigenvalue weighted by Crippen LogP contribution is 2.49. The monoisotopic (exact) mass is 778 g/mol. The Kier molecular flexibility index (Phi) is 8.17. The highest BCUT2D eigenvalue weighted by Gasteiger charge is 2.25. The van der Waals surface area contributed by atoms with Crippen molar-refractivity contribution in [2.75, 3.05) is 4.90 Å². The number of hydrogen-bond donors (Lipinski definition) is 0. The number of nitrogens with zero attached hydrogens (tertiary/aromatic N) is 2. The molecule has 0 amide bonds. The number of fused-ring (bicyclic) bond motifs is 7. The molecule has 61 heavy (non-hydrogen) atoms. The molecule has 10 aromatic carbocycles. The fraction of sp³-hybridized carbons (Fsp3) is 0. The molecule has 0 atom stereocenters. The van der Waals surface area contributed by atoms with Gasteiger partial charge in [-0.1, -0.05) is 182 Å². The van der Waals surface area contributed by atoms with Crippen molar-refractivity contribution < 1.29 is 4.42 Å². The first-order valence-electron chi connectivity index (χ1n) is 20.9. The number of anilines is 3. The summed E-state index contributed by atoms with van der Waals surface area (Å²) in [6.45, 7) is 0. The van der Waals surface area contributed by atoms with Gasteiger partial charge in [0.1, 0.15) is 11.2 Å². The second kappa shape index (κ2) is 14.3. The predicted molar refractivity (Wildman–Crippen MR) is 257 cm³/mol. The lowest BCUT2D eigenvalue weighted by atomic mass is 9.90. The van der Waals surface area contributed by atoms with E-state index >= 15 is 0 Å². The molecule has 0 unspecified atom stereocenters. The zero-order valence-corrected chi connectivity index (χ0v) is 33.2. The Morgan fingerprint density at radius 2 is 0.918 bits per heavy atom. The molecular weight excluding hydrogens is 741 g/mol. The van der Waals surface area contributed by atoms with E-state index in [1.54, 1.807) is 0 Å². The minimum absolute atomic E-state index is 0.880. The maximum atomic E-state index is 6.71. The predicted octanol–water partition coefficient (Wildman–Crippen LogP) is 16.3. The van der Waals surface area contributed by atoms with E-state index in [4.69, 9.17) is 4.42 Å². The highest BCUT2D eigenvalue weighted by molar-refractivity contribution is 6.14. The first-order chi connectivity index (χ1) is 30.3. The van der Waals surface area contributed by atoms with Gasteiger partial charge in [-0.3, -0.25) is 0 Å². The van der Waals surface area contributed by atoms with E-state index in [1.165, 1.54) is 43.8 Å². The standard InChI is InChI=1S/C58H38N2O/c1-3-18-39(19-4-1)43-28-15-20-40-21-16-29-49(57(40)43)45-25-8-12-33-53(45)60(42-36-37-47-44-24-7-11-32-52(44)59(55(47)38-42)41-22-5-2-6-23-41)54-34-13-9-26-46(54)50-30-17-31-51-48-27-10-14-35-56(48)61-58(50)51/h1-38H. The topological polar surface area (TPSA) is 21.3 Å². The molecule has 0 saturated carbocycles. The van der Waals surface area contributed by atoms with Crippen LogP contribution in [0.1, 0.15) is 0 Å². The molecule has 0 bridgehead atoms. The molecule has 0 aliphatic carbocycles. The van der Waals surface area contributed by atoms with Crippen LogP contribution in [0.2, 0.25) is 0 Å². The molecule has 2 heterocycles. The fourth-order valence-electron chi connectivity index (χ4n) is 9.54. The zero-order valence-electron chi connectivity index (χ0n) is 33.2. The van der Waals surface area contributed by atoms with E-state index in [0.717, 1.165) is 66.9 Å². The van der Waals surface area contributed by atoms with Crippen molar-refractivity contribution in [1.29, 1.82) is 0 Å². The van der Waals surface area contributed by atoms with Gasteiger partial charge in [0.2, 0.25) is 0 Å². The third-order valence-electron chi connectivity index (χ3n) is 12.2. The fourth-order valence-corrected chi connectivity index (χ4v) is 9.54. The number of furan rings is 1. The Bertz CT molecular complexity index is 3590. The highest BCUT2D eigenvalue weighted by atomic mass is 16.3. The van der Waals surface area contributed by atoms with Crippen LogP contribution in [0.3, 0.4) is 0 Å². The quantitative estimate of drug-likeness (QED) is 0.161. The minimum Gasteiger partial charge on any atom is -0.455 e. The van der Waals surface area contributed by atoms with Crippen LogP contribution in [0.15, 0.2) is 235 Å². The van der Waals surface area contributed by atoms with Gasteiger partial charge in [0.15, 0.2) is 0 Å². The van der Waals surface area contributed by atoms with Crippen molar-refractivity contribution in [2.24, 2.45) is 0 Å². The summed E-state index contributed by atoms with van der Waals surface area (Å²) in [6, 6.07) is 83.0. The van der Waals surface area contributed by atoms with Crippen molar-refractivity contribution in [3.05, 3.63) is 231 Å². The maximum absolute atomic E-state index is 6.71. The molecule has 0 radical (unpaired) electrons. The van der Waals surface area contributed by atoms with Crippen molar-refractivity contribution in [1.82, 2.24) is 4.57 Å². The molecule has 2 aromatic heterocycles. The molecule has 0 spiro atoms. The summed E-state index contributed by atoms with van der Waals surface area (Å²) in [6.07, 6.45) is 0. The lowest BCUT2D eigenvalue weighted by molar-refractivity contribution is 0.670. The minimum atomic E-state index is 0.880. The number of rotatable bonds is 7. The Morgan fingerprint density at radius 1 is 0.361 bits per heavy atom. The second-order valence-electron chi connectivity index (χ2n) is 15.6. The SMILES string of the molecule is c1ccc(-c2cccc3cccc(-c4ccccc4N(c4ccc5c6ccccc6n(-c6ccccc6)c5c4)c4ccccc4-c4cccc5c4oc4ccccc45)c23)cc1. The molecule has 0 N–H and O–H groups in total. The summed E-state index contributed by atoms with van der Waals surface area (Å²) in [4.78, 5) is 2.46.